The number of carbonyl (C=O) groups is 1. The molecule has 0 bridgehead atoms. The molecule has 1 fully saturated rings. The van der Waals surface area contributed by atoms with Gasteiger partial charge in [0.1, 0.15) is 4.83 Å². The van der Waals surface area contributed by atoms with Gasteiger partial charge in [-0.15, -0.1) is 11.3 Å². The second kappa shape index (κ2) is 8.06. The van der Waals surface area contributed by atoms with E-state index in [0.29, 0.717) is 28.5 Å². The summed E-state index contributed by atoms with van der Waals surface area (Å²) in [7, 11) is 0. The Kier molecular flexibility index (Phi) is 5.52. The number of hydrogen-bond donors (Lipinski definition) is 0. The average molecular weight is 416 g/mol. The second-order valence-corrected chi connectivity index (χ2v) is 8.69. The number of para-hydroxylation sites is 1. The van der Waals surface area contributed by atoms with Gasteiger partial charge in [-0.25, -0.2) is 4.98 Å². The number of benzene rings is 1. The number of morpholine rings is 1. The van der Waals surface area contributed by atoms with Crippen LogP contribution in [0.15, 0.2) is 51.7 Å². The minimum absolute atomic E-state index is 0.0285. The van der Waals surface area contributed by atoms with Crippen LogP contribution in [0.25, 0.3) is 15.9 Å². The van der Waals surface area contributed by atoms with Crippen LogP contribution in [-0.4, -0.2) is 51.4 Å². The predicted molar refractivity (Wildman–Crippen MR) is 113 cm³/mol. The number of rotatable bonds is 4. The van der Waals surface area contributed by atoms with E-state index >= 15 is 0 Å². The second-order valence-electron chi connectivity index (χ2n) is 6.85. The SMILES string of the molecule is C[C@@H]1CN(C(=O)CSc2nc3sccc3c(=O)n2-c2ccccc2)C[C@@H](C)O1. The molecule has 146 valence electrons. The summed E-state index contributed by atoms with van der Waals surface area (Å²) in [6.45, 7) is 5.13. The lowest BCUT2D eigenvalue weighted by Gasteiger charge is -2.35. The van der Waals surface area contributed by atoms with Crippen molar-refractivity contribution in [2.75, 3.05) is 18.8 Å². The number of aromatic nitrogens is 2. The first-order valence-electron chi connectivity index (χ1n) is 9.14. The van der Waals surface area contributed by atoms with E-state index in [1.165, 1.54) is 23.1 Å². The van der Waals surface area contributed by atoms with Crippen LogP contribution in [-0.2, 0) is 9.53 Å². The Balaban J connectivity index is 1.63. The highest BCUT2D eigenvalue weighted by Crippen LogP contribution is 2.24. The quantitative estimate of drug-likeness (QED) is 0.484. The molecule has 0 N–H and O–H groups in total. The lowest BCUT2D eigenvalue weighted by atomic mass is 10.2. The van der Waals surface area contributed by atoms with Gasteiger partial charge in [0, 0.05) is 13.1 Å². The van der Waals surface area contributed by atoms with E-state index in [2.05, 4.69) is 4.98 Å². The third kappa shape index (κ3) is 3.85. The van der Waals surface area contributed by atoms with Crippen LogP contribution in [0.1, 0.15) is 13.8 Å². The number of thioether (sulfide) groups is 1. The van der Waals surface area contributed by atoms with Gasteiger partial charge in [0.2, 0.25) is 5.91 Å². The molecule has 28 heavy (non-hydrogen) atoms. The monoisotopic (exact) mass is 415 g/mol. The smallest absolute Gasteiger partial charge is 0.267 e. The fourth-order valence-corrected chi connectivity index (χ4v) is 5.12. The molecule has 2 aromatic heterocycles. The molecule has 3 heterocycles. The molecule has 0 radical (unpaired) electrons. The first-order valence-corrected chi connectivity index (χ1v) is 11.0. The fourth-order valence-electron chi connectivity index (χ4n) is 3.40. The summed E-state index contributed by atoms with van der Waals surface area (Å²) in [5.74, 6) is 0.266. The number of fused-ring (bicyclic) bond motifs is 1. The van der Waals surface area contributed by atoms with Crippen LogP contribution in [0.3, 0.4) is 0 Å². The maximum absolute atomic E-state index is 13.0. The van der Waals surface area contributed by atoms with E-state index in [9.17, 15) is 9.59 Å². The summed E-state index contributed by atoms with van der Waals surface area (Å²) >= 11 is 2.74. The molecular weight excluding hydrogens is 394 g/mol. The third-order valence-corrected chi connectivity index (χ3v) is 6.31. The first-order chi connectivity index (χ1) is 13.5. The van der Waals surface area contributed by atoms with E-state index in [4.69, 9.17) is 4.74 Å². The Bertz CT molecular complexity index is 1040. The Morgan fingerprint density at radius 1 is 1.21 bits per heavy atom. The lowest BCUT2D eigenvalue weighted by Crippen LogP contribution is -2.48. The van der Waals surface area contributed by atoms with Gasteiger partial charge in [-0.05, 0) is 37.4 Å². The average Bonchev–Trinajstić information content (AvgIpc) is 3.15. The van der Waals surface area contributed by atoms with Crippen molar-refractivity contribution in [1.29, 1.82) is 0 Å². The van der Waals surface area contributed by atoms with Crippen LogP contribution in [0.5, 0.6) is 0 Å². The highest BCUT2D eigenvalue weighted by molar-refractivity contribution is 7.99. The van der Waals surface area contributed by atoms with Crippen LogP contribution in [0, 0.1) is 0 Å². The molecule has 4 rings (SSSR count). The van der Waals surface area contributed by atoms with Crippen LogP contribution >= 0.6 is 23.1 Å². The van der Waals surface area contributed by atoms with Crippen molar-refractivity contribution in [2.45, 2.75) is 31.2 Å². The molecule has 8 heteroatoms. The maximum Gasteiger partial charge on any atom is 0.267 e. The number of ether oxygens (including phenoxy) is 1. The van der Waals surface area contributed by atoms with E-state index in [1.54, 1.807) is 10.6 Å². The van der Waals surface area contributed by atoms with Gasteiger partial charge in [-0.2, -0.15) is 0 Å². The molecule has 6 nitrogen and oxygen atoms in total. The van der Waals surface area contributed by atoms with Gasteiger partial charge in [0.15, 0.2) is 5.16 Å². The highest BCUT2D eigenvalue weighted by atomic mass is 32.2. The Hall–Kier alpha value is -2.16. The van der Waals surface area contributed by atoms with Crippen LogP contribution in [0.4, 0.5) is 0 Å². The van der Waals surface area contributed by atoms with Gasteiger partial charge in [-0.3, -0.25) is 14.2 Å². The largest absolute Gasteiger partial charge is 0.372 e. The number of carbonyl (C=O) groups excluding carboxylic acids is 1. The van der Waals surface area contributed by atoms with Gasteiger partial charge in [0.25, 0.3) is 5.56 Å². The molecular formula is C20H21N3O3S2. The van der Waals surface area contributed by atoms with E-state index < -0.39 is 0 Å². The minimum Gasteiger partial charge on any atom is -0.372 e. The molecule has 2 atom stereocenters. The normalized spacial score (nSPS) is 19.9. The maximum atomic E-state index is 13.0. The first kappa shape index (κ1) is 19.2. The Labute approximate surface area is 171 Å². The van der Waals surface area contributed by atoms with E-state index in [-0.39, 0.29) is 29.4 Å². The zero-order valence-electron chi connectivity index (χ0n) is 15.7. The van der Waals surface area contributed by atoms with Gasteiger partial charge >= 0.3 is 0 Å². The molecule has 1 aromatic carbocycles. The van der Waals surface area contributed by atoms with Crippen molar-refractivity contribution in [3.8, 4) is 5.69 Å². The van der Waals surface area contributed by atoms with Crippen molar-refractivity contribution in [3.05, 3.63) is 52.1 Å². The highest BCUT2D eigenvalue weighted by Gasteiger charge is 2.26. The molecule has 1 amide bonds. The van der Waals surface area contributed by atoms with Gasteiger partial charge < -0.3 is 9.64 Å². The topological polar surface area (TPSA) is 64.4 Å². The lowest BCUT2D eigenvalue weighted by molar-refractivity contribution is -0.140. The minimum atomic E-state index is -0.110. The van der Waals surface area contributed by atoms with Crippen molar-refractivity contribution in [1.82, 2.24) is 14.5 Å². The third-order valence-electron chi connectivity index (χ3n) is 4.58. The molecule has 1 aliphatic rings. The predicted octanol–water partition coefficient (Wildman–Crippen LogP) is 3.18. The molecule has 0 spiro atoms. The molecule has 1 aliphatic heterocycles. The van der Waals surface area contributed by atoms with Crippen molar-refractivity contribution >= 4 is 39.2 Å². The molecule has 1 saturated heterocycles. The van der Waals surface area contributed by atoms with Crippen molar-refractivity contribution in [2.24, 2.45) is 0 Å². The fraction of sp³-hybridized carbons (Fsp3) is 0.350. The molecule has 0 aliphatic carbocycles. The zero-order chi connectivity index (χ0) is 19.7. The molecule has 0 unspecified atom stereocenters. The van der Waals surface area contributed by atoms with Crippen molar-refractivity contribution < 1.29 is 9.53 Å². The number of hydrogen-bond acceptors (Lipinski definition) is 6. The molecule has 0 saturated carbocycles. The van der Waals surface area contributed by atoms with Gasteiger partial charge in [-0.1, -0.05) is 30.0 Å². The Morgan fingerprint density at radius 3 is 2.64 bits per heavy atom. The van der Waals surface area contributed by atoms with Crippen molar-refractivity contribution in [3.63, 3.8) is 0 Å². The van der Waals surface area contributed by atoms with E-state index in [0.717, 1.165) is 5.69 Å². The summed E-state index contributed by atoms with van der Waals surface area (Å²) in [5.41, 5.74) is 0.637. The Morgan fingerprint density at radius 2 is 1.93 bits per heavy atom. The van der Waals surface area contributed by atoms with E-state index in [1.807, 2.05) is 54.5 Å². The number of thiophene rings is 1. The van der Waals surface area contributed by atoms with Crippen LogP contribution < -0.4 is 5.56 Å². The molecule has 3 aromatic rings. The van der Waals surface area contributed by atoms with Crippen LogP contribution in [0.2, 0.25) is 0 Å². The summed E-state index contributed by atoms with van der Waals surface area (Å²) in [4.78, 5) is 33.0. The summed E-state index contributed by atoms with van der Waals surface area (Å²) < 4.78 is 7.30. The summed E-state index contributed by atoms with van der Waals surface area (Å²) in [5, 5.41) is 3.00. The number of amides is 1. The summed E-state index contributed by atoms with van der Waals surface area (Å²) in [6.07, 6.45) is 0.0570. The number of nitrogens with zero attached hydrogens (tertiary/aromatic N) is 3. The summed E-state index contributed by atoms with van der Waals surface area (Å²) in [6, 6.07) is 11.2. The standard InChI is InChI=1S/C20H21N3O3S2/c1-13-10-22(11-14(2)26-13)17(24)12-28-20-21-18-16(8-9-27-18)19(25)23(20)15-6-4-3-5-7-15/h3-9,13-14H,10-12H2,1-2H3/t13-,14-/m1/s1. The zero-order valence-corrected chi connectivity index (χ0v) is 17.3. The van der Waals surface area contributed by atoms with Gasteiger partial charge in [0.05, 0.1) is 29.0 Å².